The van der Waals surface area contributed by atoms with E-state index in [2.05, 4.69) is 17.3 Å². The third kappa shape index (κ3) is 3.53. The van der Waals surface area contributed by atoms with Crippen molar-refractivity contribution in [3.63, 3.8) is 0 Å². The zero-order chi connectivity index (χ0) is 13.7. The summed E-state index contributed by atoms with van der Waals surface area (Å²) in [5.41, 5.74) is 1.07. The number of allylic oxidation sites excluding steroid dienone is 2. The molecular weight excluding hydrogens is 238 g/mol. The molecule has 0 aliphatic heterocycles. The van der Waals surface area contributed by atoms with E-state index in [1.54, 1.807) is 0 Å². The molecule has 104 valence electrons. The molecule has 1 saturated carbocycles. The predicted molar refractivity (Wildman–Crippen MR) is 75.3 cm³/mol. The van der Waals surface area contributed by atoms with Crippen molar-refractivity contribution in [1.82, 2.24) is 5.32 Å². The molecule has 2 aliphatic carbocycles. The number of hydrogen-bond donors (Lipinski definition) is 2. The quantitative estimate of drug-likeness (QED) is 0.748. The van der Waals surface area contributed by atoms with Gasteiger partial charge in [-0.2, -0.15) is 0 Å². The van der Waals surface area contributed by atoms with Gasteiger partial charge in [0.15, 0.2) is 0 Å². The molecule has 0 aromatic rings. The highest BCUT2D eigenvalue weighted by atomic mass is 16.4. The summed E-state index contributed by atoms with van der Waals surface area (Å²) in [6.07, 6.45) is 14.9. The molecule has 19 heavy (non-hydrogen) atoms. The van der Waals surface area contributed by atoms with Crippen molar-refractivity contribution < 1.29 is 9.90 Å². The van der Waals surface area contributed by atoms with Gasteiger partial charge in [-0.1, -0.05) is 18.9 Å². The number of hydrogen-bond acceptors (Lipinski definition) is 2. The van der Waals surface area contributed by atoms with Gasteiger partial charge in [0.1, 0.15) is 0 Å². The summed E-state index contributed by atoms with van der Waals surface area (Å²) in [4.78, 5) is 11.3. The standard InChI is InChI=1S/C16H23NO2/c1-2-6-13-14(16(18)19)9-5-10-15(13)17-11-12-7-3-4-8-12/h1,10,12-14,17H,3-9,11H2,(H,18,19). The van der Waals surface area contributed by atoms with Gasteiger partial charge in [0.25, 0.3) is 0 Å². The van der Waals surface area contributed by atoms with Gasteiger partial charge < -0.3 is 10.4 Å². The third-order valence-corrected chi connectivity index (χ3v) is 4.45. The molecule has 2 aliphatic rings. The Kier molecular flexibility index (Phi) is 4.90. The molecule has 0 bridgehead atoms. The fourth-order valence-corrected chi connectivity index (χ4v) is 3.34. The highest BCUT2D eigenvalue weighted by molar-refractivity contribution is 5.71. The molecule has 0 radical (unpaired) electrons. The van der Waals surface area contributed by atoms with E-state index in [4.69, 9.17) is 6.42 Å². The molecule has 0 saturated heterocycles. The summed E-state index contributed by atoms with van der Waals surface area (Å²) >= 11 is 0. The second-order valence-corrected chi connectivity index (χ2v) is 5.73. The Labute approximate surface area is 115 Å². The largest absolute Gasteiger partial charge is 0.481 e. The van der Waals surface area contributed by atoms with E-state index >= 15 is 0 Å². The summed E-state index contributed by atoms with van der Waals surface area (Å²) in [7, 11) is 0. The Balaban J connectivity index is 1.97. The first-order valence-corrected chi connectivity index (χ1v) is 7.32. The molecular formula is C16H23NO2. The maximum absolute atomic E-state index is 11.3. The van der Waals surface area contributed by atoms with Crippen molar-refractivity contribution in [3.8, 4) is 12.3 Å². The van der Waals surface area contributed by atoms with Crippen LogP contribution in [0.25, 0.3) is 0 Å². The van der Waals surface area contributed by atoms with Crippen LogP contribution in [0.1, 0.15) is 44.9 Å². The second kappa shape index (κ2) is 6.65. The van der Waals surface area contributed by atoms with Gasteiger partial charge in [0.05, 0.1) is 5.92 Å². The highest BCUT2D eigenvalue weighted by Gasteiger charge is 2.32. The Bertz CT molecular complexity index is 388. The van der Waals surface area contributed by atoms with Gasteiger partial charge in [-0.15, -0.1) is 12.3 Å². The van der Waals surface area contributed by atoms with E-state index in [9.17, 15) is 9.90 Å². The minimum Gasteiger partial charge on any atom is -0.481 e. The Hall–Kier alpha value is -1.43. The lowest BCUT2D eigenvalue weighted by Gasteiger charge is -2.30. The van der Waals surface area contributed by atoms with E-state index in [1.165, 1.54) is 25.7 Å². The lowest BCUT2D eigenvalue weighted by atomic mass is 9.79. The van der Waals surface area contributed by atoms with Gasteiger partial charge in [-0.05, 0) is 31.6 Å². The van der Waals surface area contributed by atoms with Gasteiger partial charge in [-0.25, -0.2) is 0 Å². The highest BCUT2D eigenvalue weighted by Crippen LogP contribution is 2.32. The average Bonchev–Trinajstić information content (AvgIpc) is 2.90. The second-order valence-electron chi connectivity index (χ2n) is 5.73. The Morgan fingerprint density at radius 3 is 2.79 bits per heavy atom. The number of nitrogens with one attached hydrogen (secondary N) is 1. The molecule has 0 aromatic heterocycles. The minimum atomic E-state index is -0.714. The lowest BCUT2D eigenvalue weighted by Crippen LogP contribution is -2.34. The molecule has 2 atom stereocenters. The first-order valence-electron chi connectivity index (χ1n) is 7.32. The molecule has 2 unspecified atom stereocenters. The molecule has 0 spiro atoms. The topological polar surface area (TPSA) is 49.3 Å². The average molecular weight is 261 g/mol. The molecule has 3 nitrogen and oxygen atoms in total. The number of carboxylic acid groups (broad SMARTS) is 1. The molecule has 0 heterocycles. The first-order chi connectivity index (χ1) is 9.22. The third-order valence-electron chi connectivity index (χ3n) is 4.45. The van der Waals surface area contributed by atoms with Crippen molar-refractivity contribution >= 4 is 5.97 Å². The number of carbonyl (C=O) groups is 1. The van der Waals surface area contributed by atoms with Crippen molar-refractivity contribution in [2.75, 3.05) is 6.54 Å². The van der Waals surface area contributed by atoms with E-state index in [-0.39, 0.29) is 11.8 Å². The van der Waals surface area contributed by atoms with Crippen molar-refractivity contribution in [1.29, 1.82) is 0 Å². The molecule has 0 amide bonds. The van der Waals surface area contributed by atoms with Crippen LogP contribution in [0.2, 0.25) is 0 Å². The van der Waals surface area contributed by atoms with E-state index in [0.29, 0.717) is 12.8 Å². The Morgan fingerprint density at radius 1 is 1.42 bits per heavy atom. The SMILES string of the molecule is C#CCC1C(NCC2CCCC2)=CCCC1C(=O)O. The number of aliphatic carboxylic acids is 1. The minimum absolute atomic E-state index is 0.0300. The van der Waals surface area contributed by atoms with E-state index in [1.807, 2.05) is 0 Å². The zero-order valence-electron chi connectivity index (χ0n) is 11.4. The normalized spacial score (nSPS) is 27.6. The Morgan fingerprint density at radius 2 is 2.16 bits per heavy atom. The predicted octanol–water partition coefficient (Wildman–Crippen LogP) is 2.78. The summed E-state index contributed by atoms with van der Waals surface area (Å²) in [6.45, 7) is 0.971. The van der Waals surface area contributed by atoms with Crippen molar-refractivity contribution in [3.05, 3.63) is 11.8 Å². The zero-order valence-corrected chi connectivity index (χ0v) is 11.4. The van der Waals surface area contributed by atoms with Crippen LogP contribution in [0.3, 0.4) is 0 Å². The summed E-state index contributed by atoms with van der Waals surface area (Å²) in [5.74, 6) is 2.31. The molecule has 2 rings (SSSR count). The molecule has 1 fully saturated rings. The summed E-state index contributed by atoms with van der Waals surface area (Å²) in [6, 6.07) is 0. The van der Waals surface area contributed by atoms with Gasteiger partial charge in [0.2, 0.25) is 0 Å². The van der Waals surface area contributed by atoms with Crippen LogP contribution in [0.5, 0.6) is 0 Å². The fourth-order valence-electron chi connectivity index (χ4n) is 3.34. The van der Waals surface area contributed by atoms with Gasteiger partial charge in [0, 0.05) is 24.6 Å². The van der Waals surface area contributed by atoms with Crippen molar-refractivity contribution in [2.45, 2.75) is 44.9 Å². The van der Waals surface area contributed by atoms with Crippen LogP contribution in [0.15, 0.2) is 11.8 Å². The van der Waals surface area contributed by atoms with Crippen LogP contribution < -0.4 is 5.32 Å². The summed E-state index contributed by atoms with van der Waals surface area (Å²) in [5, 5.41) is 12.8. The van der Waals surface area contributed by atoms with E-state index in [0.717, 1.165) is 24.6 Å². The van der Waals surface area contributed by atoms with Crippen LogP contribution >= 0.6 is 0 Å². The van der Waals surface area contributed by atoms with Crippen LogP contribution in [-0.4, -0.2) is 17.6 Å². The smallest absolute Gasteiger partial charge is 0.307 e. The van der Waals surface area contributed by atoms with Crippen LogP contribution in [0, 0.1) is 30.1 Å². The van der Waals surface area contributed by atoms with Crippen LogP contribution in [0.4, 0.5) is 0 Å². The monoisotopic (exact) mass is 261 g/mol. The molecule has 3 heteroatoms. The lowest BCUT2D eigenvalue weighted by molar-refractivity contribution is -0.143. The number of rotatable bonds is 5. The fraction of sp³-hybridized carbons (Fsp3) is 0.688. The van der Waals surface area contributed by atoms with Gasteiger partial charge >= 0.3 is 5.97 Å². The van der Waals surface area contributed by atoms with Crippen LogP contribution in [-0.2, 0) is 4.79 Å². The first kappa shape index (κ1) is 14.0. The van der Waals surface area contributed by atoms with Gasteiger partial charge in [-0.3, -0.25) is 4.79 Å². The molecule has 2 N–H and O–H groups in total. The number of carboxylic acids is 1. The van der Waals surface area contributed by atoms with Crippen molar-refractivity contribution in [2.24, 2.45) is 17.8 Å². The maximum Gasteiger partial charge on any atom is 0.307 e. The van der Waals surface area contributed by atoms with E-state index < -0.39 is 5.97 Å². The maximum atomic E-state index is 11.3. The summed E-state index contributed by atoms with van der Waals surface area (Å²) < 4.78 is 0. The molecule has 0 aromatic carbocycles. The number of terminal acetylenes is 1.